The van der Waals surface area contributed by atoms with Gasteiger partial charge in [0.1, 0.15) is 11.6 Å². The summed E-state index contributed by atoms with van der Waals surface area (Å²) in [4.78, 5) is 31.2. The lowest BCUT2D eigenvalue weighted by Crippen LogP contribution is -2.52. The highest BCUT2D eigenvalue weighted by atomic mass is 19.1. The molecule has 1 aliphatic heterocycles. The van der Waals surface area contributed by atoms with E-state index < -0.39 is 17.7 Å². The molecule has 2 heterocycles. The van der Waals surface area contributed by atoms with Crippen molar-refractivity contribution in [2.75, 3.05) is 19.8 Å². The molecule has 2 amide bonds. The largest absolute Gasteiger partial charge is 0.444 e. The van der Waals surface area contributed by atoms with Crippen LogP contribution >= 0.6 is 0 Å². The van der Waals surface area contributed by atoms with Crippen LogP contribution in [0, 0.1) is 5.92 Å². The lowest BCUT2D eigenvalue weighted by molar-refractivity contribution is -0.135. The first-order valence-electron chi connectivity index (χ1n) is 9.52. The molecule has 0 unspecified atom stereocenters. The van der Waals surface area contributed by atoms with E-state index in [2.05, 4.69) is 10.3 Å². The summed E-state index contributed by atoms with van der Waals surface area (Å²) in [6.07, 6.45) is 3.46. The van der Waals surface area contributed by atoms with Crippen LogP contribution in [0.1, 0.15) is 45.7 Å². The monoisotopic (exact) mass is 379 g/mol. The second-order valence-corrected chi connectivity index (χ2v) is 7.97. The van der Waals surface area contributed by atoms with Crippen LogP contribution in [0.4, 0.5) is 9.18 Å². The summed E-state index contributed by atoms with van der Waals surface area (Å²) in [6, 6.07) is 4.73. The van der Waals surface area contributed by atoms with Crippen LogP contribution < -0.4 is 5.32 Å². The molecule has 1 saturated heterocycles. The van der Waals surface area contributed by atoms with E-state index in [-0.39, 0.29) is 12.6 Å². The molecule has 27 heavy (non-hydrogen) atoms. The van der Waals surface area contributed by atoms with Crippen molar-refractivity contribution < 1.29 is 18.7 Å². The Morgan fingerprint density at radius 1 is 1.33 bits per heavy atom. The standard InChI is InChI=1S/C20H30FN3O3/c1-20(2,3)27-19(26)23-17(14-16-6-4-5-11-22-16)18(25)24-12-8-15(7-10-21)9-13-24/h4-6,11,15,17H,7-10,12-14H2,1-3H3,(H,23,26)/t17-/m0/s1. The predicted octanol–water partition coefficient (Wildman–Crippen LogP) is 3.12. The Hall–Kier alpha value is -2.18. The Morgan fingerprint density at radius 2 is 2.04 bits per heavy atom. The van der Waals surface area contributed by atoms with Gasteiger partial charge in [-0.15, -0.1) is 0 Å². The third-order valence-electron chi connectivity index (χ3n) is 4.57. The van der Waals surface area contributed by atoms with E-state index in [1.807, 2.05) is 12.1 Å². The number of halogens is 1. The van der Waals surface area contributed by atoms with Gasteiger partial charge in [0, 0.05) is 31.4 Å². The third-order valence-corrected chi connectivity index (χ3v) is 4.57. The molecule has 6 nitrogen and oxygen atoms in total. The quantitative estimate of drug-likeness (QED) is 0.824. The maximum atomic E-state index is 13.0. The molecule has 0 aliphatic carbocycles. The number of hydrogen-bond donors (Lipinski definition) is 1. The molecule has 1 atom stereocenters. The van der Waals surface area contributed by atoms with Gasteiger partial charge in [0.25, 0.3) is 0 Å². The van der Waals surface area contributed by atoms with Crippen molar-refractivity contribution in [3.05, 3.63) is 30.1 Å². The summed E-state index contributed by atoms with van der Waals surface area (Å²) in [7, 11) is 0. The number of carbonyl (C=O) groups is 2. The summed E-state index contributed by atoms with van der Waals surface area (Å²) < 4.78 is 17.8. The number of rotatable bonds is 6. The molecule has 0 bridgehead atoms. The van der Waals surface area contributed by atoms with Crippen molar-refractivity contribution in [3.63, 3.8) is 0 Å². The van der Waals surface area contributed by atoms with E-state index in [9.17, 15) is 14.0 Å². The van der Waals surface area contributed by atoms with Crippen molar-refractivity contribution in [2.24, 2.45) is 5.92 Å². The second kappa shape index (κ2) is 9.67. The minimum atomic E-state index is -0.743. The highest BCUT2D eigenvalue weighted by Gasteiger charge is 2.31. The number of ether oxygens (including phenoxy) is 1. The Morgan fingerprint density at radius 3 is 2.59 bits per heavy atom. The number of nitrogens with zero attached hydrogens (tertiary/aromatic N) is 2. The summed E-state index contributed by atoms with van der Waals surface area (Å²) in [5.41, 5.74) is 0.0761. The Labute approximate surface area is 160 Å². The normalized spacial score (nSPS) is 16.7. The topological polar surface area (TPSA) is 71.5 Å². The number of alkyl halides is 1. The first kappa shape index (κ1) is 21.1. The zero-order valence-corrected chi connectivity index (χ0v) is 16.4. The van der Waals surface area contributed by atoms with Crippen LogP contribution in [0.5, 0.6) is 0 Å². The molecule has 1 aromatic heterocycles. The molecule has 2 rings (SSSR count). The molecule has 1 aliphatic rings. The number of hydrogen-bond acceptors (Lipinski definition) is 4. The highest BCUT2D eigenvalue weighted by molar-refractivity contribution is 5.86. The average Bonchev–Trinajstić information content (AvgIpc) is 2.61. The fourth-order valence-corrected chi connectivity index (χ4v) is 3.19. The summed E-state index contributed by atoms with van der Waals surface area (Å²) >= 11 is 0. The Balaban J connectivity index is 2.04. The number of likely N-dealkylation sites (tertiary alicyclic amines) is 1. The van der Waals surface area contributed by atoms with Crippen LogP contribution in [-0.2, 0) is 16.0 Å². The maximum Gasteiger partial charge on any atom is 0.408 e. The van der Waals surface area contributed by atoms with Gasteiger partial charge in [-0.25, -0.2) is 4.79 Å². The van der Waals surface area contributed by atoms with Gasteiger partial charge in [-0.2, -0.15) is 0 Å². The number of pyridine rings is 1. The first-order chi connectivity index (χ1) is 12.8. The predicted molar refractivity (Wildman–Crippen MR) is 101 cm³/mol. The fraction of sp³-hybridized carbons (Fsp3) is 0.650. The molecule has 0 saturated carbocycles. The lowest BCUT2D eigenvalue weighted by Gasteiger charge is -2.34. The zero-order valence-electron chi connectivity index (χ0n) is 16.4. The molecule has 0 spiro atoms. The molecule has 7 heteroatoms. The van der Waals surface area contributed by atoms with E-state index in [1.165, 1.54) is 0 Å². The number of aromatic nitrogens is 1. The van der Waals surface area contributed by atoms with Gasteiger partial charge in [-0.1, -0.05) is 6.07 Å². The number of nitrogens with one attached hydrogen (secondary N) is 1. The van der Waals surface area contributed by atoms with Crippen molar-refractivity contribution in [1.82, 2.24) is 15.2 Å². The molecule has 150 valence electrons. The second-order valence-electron chi connectivity index (χ2n) is 7.97. The van der Waals surface area contributed by atoms with E-state index in [4.69, 9.17) is 4.74 Å². The summed E-state index contributed by atoms with van der Waals surface area (Å²) in [5.74, 6) is 0.178. The van der Waals surface area contributed by atoms with Crippen molar-refractivity contribution in [1.29, 1.82) is 0 Å². The highest BCUT2D eigenvalue weighted by Crippen LogP contribution is 2.21. The van der Waals surface area contributed by atoms with Gasteiger partial charge < -0.3 is 15.0 Å². The van der Waals surface area contributed by atoms with Crippen LogP contribution in [-0.4, -0.2) is 53.3 Å². The first-order valence-corrected chi connectivity index (χ1v) is 9.52. The molecular weight excluding hydrogens is 349 g/mol. The molecule has 0 radical (unpaired) electrons. The number of amides is 2. The van der Waals surface area contributed by atoms with Crippen LogP contribution in [0.15, 0.2) is 24.4 Å². The molecule has 1 fully saturated rings. The van der Waals surface area contributed by atoms with Gasteiger partial charge >= 0.3 is 6.09 Å². The van der Waals surface area contributed by atoms with Crippen molar-refractivity contribution in [3.8, 4) is 0 Å². The van der Waals surface area contributed by atoms with Gasteiger partial charge in [-0.3, -0.25) is 14.2 Å². The van der Waals surface area contributed by atoms with E-state index in [0.717, 1.165) is 18.5 Å². The van der Waals surface area contributed by atoms with Crippen molar-refractivity contribution in [2.45, 2.75) is 58.1 Å². The fourth-order valence-electron chi connectivity index (χ4n) is 3.19. The molecule has 0 aromatic carbocycles. The smallest absolute Gasteiger partial charge is 0.408 e. The van der Waals surface area contributed by atoms with Gasteiger partial charge in [0.05, 0.1) is 6.67 Å². The minimum absolute atomic E-state index is 0.148. The number of carbonyl (C=O) groups excluding carboxylic acids is 2. The van der Waals surface area contributed by atoms with E-state index >= 15 is 0 Å². The Bertz CT molecular complexity index is 611. The third kappa shape index (κ3) is 7.15. The minimum Gasteiger partial charge on any atom is -0.444 e. The van der Waals surface area contributed by atoms with Crippen LogP contribution in [0.25, 0.3) is 0 Å². The zero-order chi connectivity index (χ0) is 19.9. The SMILES string of the molecule is CC(C)(C)OC(=O)N[C@@H](Cc1ccccn1)C(=O)N1CCC(CCF)CC1. The summed E-state index contributed by atoms with van der Waals surface area (Å²) in [5, 5.41) is 2.70. The molecule has 1 N–H and O–H groups in total. The average molecular weight is 379 g/mol. The van der Waals surface area contributed by atoms with Crippen LogP contribution in [0.3, 0.4) is 0 Å². The Kier molecular flexibility index (Phi) is 7.56. The van der Waals surface area contributed by atoms with Gasteiger partial charge in [-0.05, 0) is 58.1 Å². The van der Waals surface area contributed by atoms with Crippen molar-refractivity contribution >= 4 is 12.0 Å². The number of piperidine rings is 1. The molecular formula is C20H30FN3O3. The van der Waals surface area contributed by atoms with Gasteiger partial charge in [0.2, 0.25) is 5.91 Å². The maximum absolute atomic E-state index is 13.0. The number of alkyl carbamates (subject to hydrolysis) is 1. The lowest BCUT2D eigenvalue weighted by atomic mass is 9.93. The van der Waals surface area contributed by atoms with Gasteiger partial charge in [0.15, 0.2) is 0 Å². The van der Waals surface area contributed by atoms with Crippen LogP contribution in [0.2, 0.25) is 0 Å². The van der Waals surface area contributed by atoms with E-state index in [0.29, 0.717) is 31.8 Å². The summed E-state index contributed by atoms with van der Waals surface area (Å²) in [6.45, 7) is 6.17. The molecule has 1 aromatic rings. The van der Waals surface area contributed by atoms with E-state index in [1.54, 1.807) is 37.9 Å².